The average Bonchev–Trinajstić information content (AvgIpc) is 2.97. The van der Waals surface area contributed by atoms with Crippen molar-refractivity contribution in [2.45, 2.75) is 12.8 Å². The summed E-state index contributed by atoms with van der Waals surface area (Å²) in [5, 5.41) is 3.55. The predicted octanol–water partition coefficient (Wildman–Crippen LogP) is 1.86. The number of benzene rings is 1. The second-order valence-electron chi connectivity index (χ2n) is 4.30. The van der Waals surface area contributed by atoms with Crippen molar-refractivity contribution in [1.82, 2.24) is 5.32 Å². The Kier molecular flexibility index (Phi) is 5.29. The van der Waals surface area contributed by atoms with E-state index in [1.807, 2.05) is 18.2 Å². The highest BCUT2D eigenvalue weighted by molar-refractivity contribution is 8.14. The number of nitrogens with one attached hydrogen (secondary N) is 1. The molecule has 2 rings (SSSR count). The van der Waals surface area contributed by atoms with E-state index in [4.69, 9.17) is 9.47 Å². The van der Waals surface area contributed by atoms with Gasteiger partial charge >= 0.3 is 0 Å². The first-order valence-electron chi connectivity index (χ1n) is 6.40. The van der Waals surface area contributed by atoms with Crippen LogP contribution >= 0.6 is 11.8 Å². The molecule has 0 bridgehead atoms. The fraction of sp³-hybridized carbons (Fsp3) is 0.429. The molecule has 0 saturated carbocycles. The molecule has 5 nitrogen and oxygen atoms in total. The van der Waals surface area contributed by atoms with Gasteiger partial charge in [0.1, 0.15) is 11.5 Å². The van der Waals surface area contributed by atoms with E-state index in [0.717, 1.165) is 34.5 Å². The van der Waals surface area contributed by atoms with E-state index >= 15 is 0 Å². The largest absolute Gasteiger partial charge is 0.497 e. The number of thioether (sulfide) groups is 1. The molecular weight excluding hydrogens is 276 g/mol. The first kappa shape index (κ1) is 14.7. The lowest BCUT2D eigenvalue weighted by Gasteiger charge is -2.08. The van der Waals surface area contributed by atoms with Crippen molar-refractivity contribution < 1.29 is 14.3 Å². The van der Waals surface area contributed by atoms with Gasteiger partial charge in [0, 0.05) is 18.2 Å². The fourth-order valence-electron chi connectivity index (χ4n) is 1.86. The Bertz CT molecular complexity index is 495. The van der Waals surface area contributed by atoms with Gasteiger partial charge in [0.25, 0.3) is 0 Å². The number of aryl methyl sites for hydroxylation is 1. The normalized spacial score (nSPS) is 13.8. The molecule has 1 aromatic rings. The van der Waals surface area contributed by atoms with Gasteiger partial charge in [-0.05, 0) is 24.1 Å². The van der Waals surface area contributed by atoms with Gasteiger partial charge in [0.15, 0.2) is 5.17 Å². The van der Waals surface area contributed by atoms with Crippen LogP contribution in [0.15, 0.2) is 23.2 Å². The van der Waals surface area contributed by atoms with Gasteiger partial charge in [-0.3, -0.25) is 9.79 Å². The van der Waals surface area contributed by atoms with Crippen LogP contribution < -0.4 is 14.8 Å². The molecule has 1 aliphatic rings. The van der Waals surface area contributed by atoms with Gasteiger partial charge in [0.2, 0.25) is 5.91 Å². The molecule has 1 aliphatic heterocycles. The molecule has 0 aromatic heterocycles. The molecule has 1 N–H and O–H groups in total. The minimum atomic E-state index is -0.0139. The first-order valence-corrected chi connectivity index (χ1v) is 7.39. The van der Waals surface area contributed by atoms with Gasteiger partial charge in [0.05, 0.1) is 20.8 Å². The lowest BCUT2D eigenvalue weighted by molar-refractivity contribution is -0.119. The van der Waals surface area contributed by atoms with Crippen molar-refractivity contribution in [3.63, 3.8) is 0 Å². The SMILES string of the molecule is COc1cc(CCC(=O)NC2=NCCS2)cc(OC)c1. The van der Waals surface area contributed by atoms with E-state index in [9.17, 15) is 4.79 Å². The van der Waals surface area contributed by atoms with Crippen LogP contribution in [0.25, 0.3) is 0 Å². The molecule has 0 saturated heterocycles. The number of amidine groups is 1. The number of amides is 1. The molecule has 20 heavy (non-hydrogen) atoms. The van der Waals surface area contributed by atoms with Gasteiger partial charge in [-0.15, -0.1) is 0 Å². The van der Waals surface area contributed by atoms with E-state index in [1.54, 1.807) is 26.0 Å². The molecule has 0 atom stereocenters. The Morgan fingerprint density at radius 1 is 1.30 bits per heavy atom. The number of hydrogen-bond acceptors (Lipinski definition) is 5. The van der Waals surface area contributed by atoms with Crippen LogP contribution in [0, 0.1) is 0 Å². The summed E-state index contributed by atoms with van der Waals surface area (Å²) >= 11 is 1.58. The third-order valence-corrected chi connectivity index (χ3v) is 3.78. The fourth-order valence-corrected chi connectivity index (χ4v) is 2.61. The Morgan fingerprint density at radius 3 is 2.55 bits per heavy atom. The average molecular weight is 294 g/mol. The smallest absolute Gasteiger partial charge is 0.226 e. The second-order valence-corrected chi connectivity index (χ2v) is 5.39. The molecule has 6 heteroatoms. The highest BCUT2D eigenvalue weighted by atomic mass is 32.2. The van der Waals surface area contributed by atoms with E-state index in [1.165, 1.54) is 0 Å². The zero-order chi connectivity index (χ0) is 14.4. The topological polar surface area (TPSA) is 59.9 Å². The molecule has 0 radical (unpaired) electrons. The lowest BCUT2D eigenvalue weighted by Crippen LogP contribution is -2.27. The number of carbonyl (C=O) groups is 1. The molecular formula is C14H18N2O3S. The second kappa shape index (κ2) is 7.19. The molecule has 1 heterocycles. The van der Waals surface area contributed by atoms with E-state index in [0.29, 0.717) is 12.8 Å². The molecule has 0 unspecified atom stereocenters. The molecule has 1 aromatic carbocycles. The summed E-state index contributed by atoms with van der Waals surface area (Å²) in [4.78, 5) is 16.0. The van der Waals surface area contributed by atoms with Crippen molar-refractivity contribution in [2.24, 2.45) is 4.99 Å². The highest BCUT2D eigenvalue weighted by Crippen LogP contribution is 2.23. The molecule has 108 valence electrons. The summed E-state index contributed by atoms with van der Waals surface area (Å²) in [5.41, 5.74) is 1.01. The maximum atomic E-state index is 11.8. The van der Waals surface area contributed by atoms with Crippen LogP contribution in [0.5, 0.6) is 11.5 Å². The van der Waals surface area contributed by atoms with Crippen molar-refractivity contribution in [1.29, 1.82) is 0 Å². The van der Waals surface area contributed by atoms with Crippen molar-refractivity contribution in [3.8, 4) is 11.5 Å². The Morgan fingerprint density at radius 2 is 2.00 bits per heavy atom. The quantitative estimate of drug-likeness (QED) is 0.900. The molecule has 0 aliphatic carbocycles. The number of ether oxygens (including phenoxy) is 2. The summed E-state index contributed by atoms with van der Waals surface area (Å²) in [7, 11) is 3.22. The first-order chi connectivity index (χ1) is 9.71. The minimum absolute atomic E-state index is 0.0139. The number of hydrogen-bond donors (Lipinski definition) is 1. The monoisotopic (exact) mass is 294 g/mol. The van der Waals surface area contributed by atoms with Crippen molar-refractivity contribution in [2.75, 3.05) is 26.5 Å². The number of aliphatic imine (C=N–C) groups is 1. The van der Waals surface area contributed by atoms with Crippen LogP contribution in [0.1, 0.15) is 12.0 Å². The summed E-state index contributed by atoms with van der Waals surface area (Å²) in [5.74, 6) is 2.40. The Labute approximate surface area is 122 Å². The molecule has 0 spiro atoms. The van der Waals surface area contributed by atoms with Crippen molar-refractivity contribution in [3.05, 3.63) is 23.8 Å². The van der Waals surface area contributed by atoms with Crippen LogP contribution in [0.4, 0.5) is 0 Å². The van der Waals surface area contributed by atoms with Crippen LogP contribution in [0.2, 0.25) is 0 Å². The zero-order valence-corrected chi connectivity index (χ0v) is 12.5. The Hall–Kier alpha value is -1.69. The van der Waals surface area contributed by atoms with Gasteiger partial charge < -0.3 is 14.8 Å². The highest BCUT2D eigenvalue weighted by Gasteiger charge is 2.11. The van der Waals surface area contributed by atoms with Crippen molar-refractivity contribution >= 4 is 22.8 Å². The van der Waals surface area contributed by atoms with Crippen LogP contribution in [-0.4, -0.2) is 37.6 Å². The van der Waals surface area contributed by atoms with E-state index < -0.39 is 0 Å². The summed E-state index contributed by atoms with van der Waals surface area (Å²) in [6.45, 7) is 0.785. The van der Waals surface area contributed by atoms with Gasteiger partial charge in [-0.1, -0.05) is 11.8 Å². The molecule has 1 amide bonds. The number of methoxy groups -OCH3 is 2. The Balaban J connectivity index is 1.90. The van der Waals surface area contributed by atoms with Crippen LogP contribution in [-0.2, 0) is 11.2 Å². The summed E-state index contributed by atoms with van der Waals surface area (Å²) < 4.78 is 10.4. The summed E-state index contributed by atoms with van der Waals surface area (Å²) in [6, 6.07) is 5.64. The summed E-state index contributed by atoms with van der Waals surface area (Å²) in [6.07, 6.45) is 1.05. The zero-order valence-electron chi connectivity index (χ0n) is 11.6. The van der Waals surface area contributed by atoms with Gasteiger partial charge in [-0.25, -0.2) is 0 Å². The third-order valence-electron chi connectivity index (χ3n) is 2.88. The number of rotatable bonds is 5. The maximum absolute atomic E-state index is 11.8. The lowest BCUT2D eigenvalue weighted by atomic mass is 10.1. The predicted molar refractivity (Wildman–Crippen MR) is 80.8 cm³/mol. The number of carbonyl (C=O) groups excluding carboxylic acids is 1. The maximum Gasteiger partial charge on any atom is 0.226 e. The van der Waals surface area contributed by atoms with Crippen LogP contribution in [0.3, 0.4) is 0 Å². The number of nitrogens with zero attached hydrogens (tertiary/aromatic N) is 1. The molecule has 0 fully saturated rings. The van der Waals surface area contributed by atoms with E-state index in [2.05, 4.69) is 10.3 Å². The minimum Gasteiger partial charge on any atom is -0.497 e. The van der Waals surface area contributed by atoms with Gasteiger partial charge in [-0.2, -0.15) is 0 Å². The third kappa shape index (κ3) is 4.16. The van der Waals surface area contributed by atoms with E-state index in [-0.39, 0.29) is 5.91 Å². The standard InChI is InChI=1S/C14H18N2O3S/c1-18-11-7-10(8-12(9-11)19-2)3-4-13(17)16-14-15-5-6-20-14/h7-9H,3-6H2,1-2H3,(H,15,16,17).